The van der Waals surface area contributed by atoms with Gasteiger partial charge in [0.2, 0.25) is 5.69 Å². The second-order valence-electron chi connectivity index (χ2n) is 6.39. The Morgan fingerprint density at radius 1 is 1.00 bits per heavy atom. The van der Waals surface area contributed by atoms with Crippen LogP contribution in [0.3, 0.4) is 0 Å². The van der Waals surface area contributed by atoms with E-state index in [1.807, 2.05) is 0 Å². The summed E-state index contributed by atoms with van der Waals surface area (Å²) < 4.78 is 2.23. The zero-order valence-corrected chi connectivity index (χ0v) is 13.6. The van der Waals surface area contributed by atoms with Crippen molar-refractivity contribution in [3.63, 3.8) is 0 Å². The van der Waals surface area contributed by atoms with Gasteiger partial charge in [-0.2, -0.15) is 0 Å². The van der Waals surface area contributed by atoms with E-state index in [2.05, 4.69) is 76.7 Å². The van der Waals surface area contributed by atoms with Gasteiger partial charge in [-0.15, -0.1) is 0 Å². The third kappa shape index (κ3) is 3.09. The van der Waals surface area contributed by atoms with Crippen LogP contribution in [0.15, 0.2) is 30.5 Å². The molecule has 0 fully saturated rings. The zero-order valence-electron chi connectivity index (χ0n) is 13.6. The summed E-state index contributed by atoms with van der Waals surface area (Å²) in [6, 6.07) is 9.13. The summed E-state index contributed by atoms with van der Waals surface area (Å²) in [5, 5.41) is 0. The third-order valence-electron chi connectivity index (χ3n) is 3.87. The van der Waals surface area contributed by atoms with Crippen LogP contribution in [0.1, 0.15) is 36.1 Å². The molecule has 2 aromatic rings. The van der Waals surface area contributed by atoms with Crippen molar-refractivity contribution < 1.29 is 4.57 Å². The summed E-state index contributed by atoms with van der Waals surface area (Å²) in [4.78, 5) is 0. The average molecular weight is 268 g/mol. The summed E-state index contributed by atoms with van der Waals surface area (Å²) >= 11 is 0. The fourth-order valence-electron chi connectivity index (χ4n) is 2.86. The molecule has 0 amide bonds. The van der Waals surface area contributed by atoms with Crippen molar-refractivity contribution in [1.29, 1.82) is 0 Å². The molecule has 1 heteroatoms. The van der Waals surface area contributed by atoms with Crippen molar-refractivity contribution in [1.82, 2.24) is 0 Å². The van der Waals surface area contributed by atoms with E-state index in [0.29, 0.717) is 5.92 Å². The minimum Gasteiger partial charge on any atom is -0.201 e. The minimum absolute atomic E-state index is 0.691. The Bertz CT molecular complexity index is 624. The van der Waals surface area contributed by atoms with Crippen molar-refractivity contribution in [3.05, 3.63) is 52.7 Å². The average Bonchev–Trinajstić information content (AvgIpc) is 2.33. The molecular formula is C19H26N+. The summed E-state index contributed by atoms with van der Waals surface area (Å²) in [7, 11) is 2.13. The van der Waals surface area contributed by atoms with E-state index < -0.39 is 0 Å². The summed E-state index contributed by atoms with van der Waals surface area (Å²) in [6.45, 7) is 11.1. The van der Waals surface area contributed by atoms with Gasteiger partial charge in [-0.25, -0.2) is 4.57 Å². The van der Waals surface area contributed by atoms with Crippen LogP contribution in [0.5, 0.6) is 0 Å². The fraction of sp³-hybridized carbons (Fsp3) is 0.421. The molecule has 0 bridgehead atoms. The van der Waals surface area contributed by atoms with Crippen LogP contribution in [0.25, 0.3) is 11.3 Å². The van der Waals surface area contributed by atoms with E-state index in [0.717, 1.165) is 6.42 Å². The number of rotatable bonds is 3. The molecular weight excluding hydrogens is 242 g/mol. The van der Waals surface area contributed by atoms with E-state index in [1.54, 1.807) is 0 Å². The first-order valence-electron chi connectivity index (χ1n) is 7.45. The lowest BCUT2D eigenvalue weighted by molar-refractivity contribution is -0.660. The van der Waals surface area contributed by atoms with Gasteiger partial charge < -0.3 is 0 Å². The van der Waals surface area contributed by atoms with Crippen LogP contribution in [0.2, 0.25) is 0 Å². The van der Waals surface area contributed by atoms with Gasteiger partial charge in [0.15, 0.2) is 6.20 Å². The molecule has 0 unspecified atom stereocenters. The lowest BCUT2D eigenvalue weighted by Gasteiger charge is -2.13. The molecule has 0 aliphatic heterocycles. The van der Waals surface area contributed by atoms with Crippen molar-refractivity contribution in [2.75, 3.05) is 0 Å². The number of benzene rings is 1. The Kier molecular flexibility index (Phi) is 4.27. The van der Waals surface area contributed by atoms with Gasteiger partial charge in [0.25, 0.3) is 0 Å². The molecule has 2 rings (SSSR count). The van der Waals surface area contributed by atoms with E-state index in [4.69, 9.17) is 0 Å². The van der Waals surface area contributed by atoms with Gasteiger partial charge in [-0.1, -0.05) is 19.9 Å². The van der Waals surface area contributed by atoms with Crippen LogP contribution in [-0.2, 0) is 13.5 Å². The predicted octanol–water partition coefficient (Wildman–Crippen LogP) is 4.30. The smallest absolute Gasteiger partial charge is 0.201 e. The molecule has 1 aromatic carbocycles. The van der Waals surface area contributed by atoms with E-state index in [9.17, 15) is 0 Å². The fourth-order valence-corrected chi connectivity index (χ4v) is 2.86. The largest absolute Gasteiger partial charge is 0.212 e. The molecule has 106 valence electrons. The molecule has 0 radical (unpaired) electrons. The maximum Gasteiger partial charge on any atom is 0.212 e. The van der Waals surface area contributed by atoms with Crippen LogP contribution in [-0.4, -0.2) is 0 Å². The molecule has 0 spiro atoms. The van der Waals surface area contributed by atoms with Gasteiger partial charge in [0.1, 0.15) is 7.05 Å². The number of hydrogen-bond acceptors (Lipinski definition) is 0. The van der Waals surface area contributed by atoms with E-state index >= 15 is 0 Å². The molecule has 0 atom stereocenters. The van der Waals surface area contributed by atoms with Gasteiger partial charge in [-0.05, 0) is 61.9 Å². The van der Waals surface area contributed by atoms with Crippen LogP contribution in [0, 0.1) is 26.7 Å². The second kappa shape index (κ2) is 5.78. The molecule has 0 aliphatic carbocycles. The van der Waals surface area contributed by atoms with Crippen LogP contribution in [0.4, 0.5) is 0 Å². The zero-order chi connectivity index (χ0) is 14.9. The SMILES string of the molecule is Cc1ccc(-c2cc(CC(C)C)c(C)cc2C)[n+](C)c1. The summed E-state index contributed by atoms with van der Waals surface area (Å²) in [6.07, 6.45) is 3.34. The van der Waals surface area contributed by atoms with Crippen molar-refractivity contribution in [3.8, 4) is 11.3 Å². The highest BCUT2D eigenvalue weighted by Crippen LogP contribution is 2.26. The predicted molar refractivity (Wildman–Crippen MR) is 85.8 cm³/mol. The second-order valence-corrected chi connectivity index (χ2v) is 6.39. The topological polar surface area (TPSA) is 3.88 Å². The number of aromatic nitrogens is 1. The Labute approximate surface area is 123 Å². The number of pyridine rings is 1. The van der Waals surface area contributed by atoms with Crippen molar-refractivity contribution >= 4 is 0 Å². The summed E-state index contributed by atoms with van der Waals surface area (Å²) in [5.41, 5.74) is 8.18. The van der Waals surface area contributed by atoms with Crippen LogP contribution < -0.4 is 4.57 Å². The molecule has 1 heterocycles. The van der Waals surface area contributed by atoms with Crippen LogP contribution >= 0.6 is 0 Å². The molecule has 0 saturated heterocycles. The Hall–Kier alpha value is -1.63. The van der Waals surface area contributed by atoms with Gasteiger partial charge in [0, 0.05) is 17.2 Å². The van der Waals surface area contributed by atoms with E-state index in [1.165, 1.54) is 33.5 Å². The molecule has 0 N–H and O–H groups in total. The highest BCUT2D eigenvalue weighted by Gasteiger charge is 2.14. The first kappa shape index (κ1) is 14.8. The first-order chi connectivity index (χ1) is 9.38. The molecule has 20 heavy (non-hydrogen) atoms. The van der Waals surface area contributed by atoms with Gasteiger partial charge in [0.05, 0.1) is 0 Å². The van der Waals surface area contributed by atoms with Crippen molar-refractivity contribution in [2.24, 2.45) is 13.0 Å². The highest BCUT2D eigenvalue weighted by atomic mass is 14.9. The monoisotopic (exact) mass is 268 g/mol. The quantitative estimate of drug-likeness (QED) is 0.731. The van der Waals surface area contributed by atoms with E-state index in [-0.39, 0.29) is 0 Å². The molecule has 0 aliphatic rings. The summed E-state index contributed by atoms with van der Waals surface area (Å²) in [5.74, 6) is 0.691. The number of aryl methyl sites for hydroxylation is 4. The number of nitrogens with zero attached hydrogens (tertiary/aromatic N) is 1. The molecule has 0 saturated carbocycles. The standard InChI is InChI=1S/C19H26N/c1-13(2)9-17-11-18(16(5)10-15(17)4)19-8-7-14(3)12-20(19)6/h7-8,10-13H,9H2,1-6H3/q+1. The Morgan fingerprint density at radius 2 is 1.70 bits per heavy atom. The molecule has 1 nitrogen and oxygen atoms in total. The van der Waals surface area contributed by atoms with Gasteiger partial charge in [-0.3, -0.25) is 0 Å². The number of hydrogen-bond donors (Lipinski definition) is 0. The lowest BCUT2D eigenvalue weighted by Crippen LogP contribution is -2.31. The Balaban J connectivity index is 2.55. The maximum absolute atomic E-state index is 2.38. The highest BCUT2D eigenvalue weighted by molar-refractivity contribution is 5.63. The van der Waals surface area contributed by atoms with Gasteiger partial charge >= 0.3 is 0 Å². The molecule has 1 aromatic heterocycles. The Morgan fingerprint density at radius 3 is 2.30 bits per heavy atom. The maximum atomic E-state index is 2.38. The normalized spacial score (nSPS) is 11.2. The third-order valence-corrected chi connectivity index (χ3v) is 3.87. The first-order valence-corrected chi connectivity index (χ1v) is 7.45. The van der Waals surface area contributed by atoms with Crippen molar-refractivity contribution in [2.45, 2.75) is 41.0 Å². The lowest BCUT2D eigenvalue weighted by atomic mass is 9.92. The minimum atomic E-state index is 0.691.